The summed E-state index contributed by atoms with van der Waals surface area (Å²) in [6.07, 6.45) is 22.3. The summed E-state index contributed by atoms with van der Waals surface area (Å²) in [4.78, 5) is 53.9. The maximum absolute atomic E-state index is 12.2. The Morgan fingerprint density at radius 2 is 0.907 bits per heavy atom. The van der Waals surface area contributed by atoms with Crippen molar-refractivity contribution in [2.75, 3.05) is 51.9 Å². The van der Waals surface area contributed by atoms with E-state index in [1.807, 2.05) is 26.4 Å². The van der Waals surface area contributed by atoms with Gasteiger partial charge in [0.25, 0.3) is 0 Å². The van der Waals surface area contributed by atoms with Crippen molar-refractivity contribution in [3.8, 4) is 0 Å². The van der Waals surface area contributed by atoms with Crippen molar-refractivity contribution < 1.29 is 28.7 Å². The van der Waals surface area contributed by atoms with Gasteiger partial charge in [0.15, 0.2) is 0 Å². The maximum atomic E-state index is 12.2. The number of allylic oxidation sites excluding steroid dienone is 2. The number of hydrogen-bond donors (Lipinski definition) is 4. The van der Waals surface area contributed by atoms with Gasteiger partial charge >= 0.3 is 11.9 Å². The van der Waals surface area contributed by atoms with Gasteiger partial charge in [0, 0.05) is 47.1 Å². The highest BCUT2D eigenvalue weighted by molar-refractivity contribution is 8.78. The second kappa shape index (κ2) is 36.0. The summed E-state index contributed by atoms with van der Waals surface area (Å²) >= 11 is 0. The summed E-state index contributed by atoms with van der Waals surface area (Å²) in [5, 5.41) is 0. The van der Waals surface area contributed by atoms with E-state index in [0.29, 0.717) is 51.9 Å². The highest BCUT2D eigenvalue weighted by Gasteiger charge is 2.18. The van der Waals surface area contributed by atoms with Crippen LogP contribution in [-0.2, 0) is 28.7 Å². The molecular weight excluding hydrogens is 765 g/mol. The van der Waals surface area contributed by atoms with E-state index in [0.717, 1.165) is 98.2 Å². The molecule has 0 aliphatic heterocycles. The second-order valence-electron chi connectivity index (χ2n) is 13.3. The van der Waals surface area contributed by atoms with Gasteiger partial charge in [-0.25, -0.2) is 0 Å². The molecule has 54 heavy (non-hydrogen) atoms. The van der Waals surface area contributed by atoms with Crippen LogP contribution in [0.25, 0.3) is 0 Å². The summed E-state index contributed by atoms with van der Waals surface area (Å²) in [5.41, 5.74) is 24.7. The number of esters is 2. The summed E-state index contributed by atoms with van der Waals surface area (Å²) in [6, 6.07) is -1.26. The average molecular weight is 837 g/mol. The maximum Gasteiger partial charge on any atom is 0.322 e. The molecule has 0 unspecified atom stereocenters. The van der Waals surface area contributed by atoms with E-state index in [1.165, 1.54) is 25.7 Å². The number of nitrogens with zero attached hydrogens (tertiary/aromatic N) is 2. The zero-order valence-electron chi connectivity index (χ0n) is 33.6. The minimum Gasteiger partial charge on any atom is -0.464 e. The van der Waals surface area contributed by atoms with Gasteiger partial charge in [-0.15, -0.1) is 0 Å². The summed E-state index contributed by atoms with van der Waals surface area (Å²) in [6.45, 7) is 6.88. The molecule has 0 rings (SSSR count). The first-order chi connectivity index (χ1) is 26.1. The van der Waals surface area contributed by atoms with E-state index in [1.54, 1.807) is 53.0 Å². The molecule has 0 aliphatic rings. The summed E-state index contributed by atoms with van der Waals surface area (Å²) in [7, 11) is 6.40. The minimum absolute atomic E-state index is 0.234. The van der Waals surface area contributed by atoms with Crippen LogP contribution in [0.1, 0.15) is 129 Å². The third-order valence-electron chi connectivity index (χ3n) is 9.03. The van der Waals surface area contributed by atoms with E-state index in [4.69, 9.17) is 32.4 Å². The first kappa shape index (κ1) is 52.6. The van der Waals surface area contributed by atoms with Crippen molar-refractivity contribution in [3.05, 3.63) is 21.2 Å². The molecule has 314 valence electrons. The lowest BCUT2D eigenvalue weighted by Crippen LogP contribution is -2.32. The van der Waals surface area contributed by atoms with Crippen LogP contribution in [0.3, 0.4) is 0 Å². The van der Waals surface area contributed by atoms with Crippen molar-refractivity contribution >= 4 is 67.9 Å². The highest BCUT2D eigenvalue weighted by Crippen LogP contribution is 2.34. The van der Waals surface area contributed by atoms with Crippen LogP contribution < -0.4 is 22.9 Å². The first-order valence-corrected chi connectivity index (χ1v) is 24.7. The molecule has 12 nitrogen and oxygen atoms in total. The molecule has 0 bridgehead atoms. The molecule has 0 saturated heterocycles. The monoisotopic (exact) mass is 836 g/mol. The average Bonchev–Trinajstić information content (AvgIpc) is 3.16. The molecule has 2 atom stereocenters. The fourth-order valence-corrected chi connectivity index (χ4v) is 9.26. The van der Waals surface area contributed by atoms with Crippen molar-refractivity contribution in [1.29, 1.82) is 0 Å². The van der Waals surface area contributed by atoms with Gasteiger partial charge in [-0.1, -0.05) is 107 Å². The molecule has 0 aromatic carbocycles. The smallest absolute Gasteiger partial charge is 0.322 e. The lowest BCUT2D eigenvalue weighted by atomic mass is 10.1. The van der Waals surface area contributed by atoms with E-state index >= 15 is 0 Å². The Kier molecular flexibility index (Phi) is 35.0. The van der Waals surface area contributed by atoms with Gasteiger partial charge in [0.1, 0.15) is 12.1 Å². The lowest BCUT2D eigenvalue weighted by molar-refractivity contribution is -0.146. The fourth-order valence-electron chi connectivity index (χ4n) is 5.62. The molecule has 0 radical (unpaired) electrons. The second-order valence-corrected chi connectivity index (χ2v) is 18.3. The SMILES string of the molecule is CSS/C(CCOC(=O)[C@@H](N)CCCCN)=C(/C)N(C=O)CCCCCCCCCCCCN(C=O)/C(C)=C(/CCOC(=O)[C@@H](N)CCCCN)SSC. The molecule has 0 saturated carbocycles. The lowest BCUT2D eigenvalue weighted by Gasteiger charge is -2.22. The predicted octanol–water partition coefficient (Wildman–Crippen LogP) is 7.07. The van der Waals surface area contributed by atoms with Crippen molar-refractivity contribution in [1.82, 2.24) is 9.80 Å². The molecule has 0 aromatic rings. The highest BCUT2D eigenvalue weighted by atomic mass is 33.1. The van der Waals surface area contributed by atoms with Crippen LogP contribution in [0.15, 0.2) is 21.2 Å². The Balaban J connectivity index is 4.40. The van der Waals surface area contributed by atoms with E-state index in [2.05, 4.69) is 0 Å². The number of carbonyl (C=O) groups is 4. The molecule has 2 amide bonds. The third-order valence-corrected chi connectivity index (χ3v) is 13.0. The first-order valence-electron chi connectivity index (χ1n) is 19.6. The van der Waals surface area contributed by atoms with E-state index in [-0.39, 0.29) is 13.2 Å². The topological polar surface area (TPSA) is 197 Å². The van der Waals surface area contributed by atoms with Gasteiger partial charge in [-0.2, -0.15) is 0 Å². The molecule has 0 heterocycles. The number of hydrogen-bond acceptors (Lipinski definition) is 14. The number of amides is 2. The van der Waals surface area contributed by atoms with E-state index < -0.39 is 24.0 Å². The number of unbranched alkanes of at least 4 members (excludes halogenated alkanes) is 11. The van der Waals surface area contributed by atoms with Crippen LogP contribution in [0.2, 0.25) is 0 Å². The number of rotatable bonds is 37. The van der Waals surface area contributed by atoms with Gasteiger partial charge in [0.05, 0.1) is 13.2 Å². The third kappa shape index (κ3) is 25.7. The fraction of sp³-hybridized carbons (Fsp3) is 0.789. The van der Waals surface area contributed by atoms with Gasteiger partial charge in [-0.05, 0) is 78.0 Å². The van der Waals surface area contributed by atoms with Gasteiger partial charge in [0.2, 0.25) is 12.8 Å². The van der Waals surface area contributed by atoms with Crippen LogP contribution in [0.5, 0.6) is 0 Å². The van der Waals surface area contributed by atoms with Crippen molar-refractivity contribution in [2.24, 2.45) is 22.9 Å². The Morgan fingerprint density at radius 3 is 1.20 bits per heavy atom. The minimum atomic E-state index is -0.632. The molecule has 8 N–H and O–H groups in total. The largest absolute Gasteiger partial charge is 0.464 e. The zero-order chi connectivity index (χ0) is 40.4. The Labute approximate surface area is 342 Å². The number of carbonyl (C=O) groups excluding carboxylic acids is 4. The number of nitrogens with two attached hydrogens (primary N) is 4. The summed E-state index contributed by atoms with van der Waals surface area (Å²) in [5.74, 6) is -0.783. The number of ether oxygens (including phenoxy) is 2. The molecule has 0 aliphatic carbocycles. The van der Waals surface area contributed by atoms with Crippen LogP contribution >= 0.6 is 43.2 Å². The quantitative estimate of drug-likeness (QED) is 0.0215. The Morgan fingerprint density at radius 1 is 0.574 bits per heavy atom. The van der Waals surface area contributed by atoms with Crippen molar-refractivity contribution in [2.45, 2.75) is 142 Å². The molecule has 16 heteroatoms. The summed E-state index contributed by atoms with van der Waals surface area (Å²) < 4.78 is 10.8. The molecule has 0 spiro atoms. The van der Waals surface area contributed by atoms with Crippen molar-refractivity contribution in [3.63, 3.8) is 0 Å². The standard InChI is InChI=1S/C38H72N6O6S4/c1-31(35(53-51-3)21-27-49-37(47)33(41)19-13-15-23-39)43(29-45)25-17-11-9-7-5-6-8-10-12-18-26-44(30-46)32(2)36(54-52-4)22-28-50-38(48)34(42)20-14-16-24-40/h29-30,33-34H,5-28,39-42H2,1-4H3/b35-31-,36-32-/t33-,34-/m0/s1. The Bertz CT molecular complexity index is 1000. The molecular formula is C38H72N6O6S4. The Hall–Kier alpha value is -1.40. The predicted molar refractivity (Wildman–Crippen MR) is 232 cm³/mol. The molecule has 0 aromatic heterocycles. The van der Waals surface area contributed by atoms with Crippen LogP contribution in [-0.4, -0.2) is 98.5 Å². The molecule has 0 fully saturated rings. The zero-order valence-corrected chi connectivity index (χ0v) is 36.8. The van der Waals surface area contributed by atoms with Crippen LogP contribution in [0.4, 0.5) is 0 Å². The van der Waals surface area contributed by atoms with Crippen LogP contribution in [0, 0.1) is 0 Å². The van der Waals surface area contributed by atoms with E-state index in [9.17, 15) is 19.2 Å². The van der Waals surface area contributed by atoms with Gasteiger partial charge < -0.3 is 42.2 Å². The normalized spacial score (nSPS) is 13.4. The van der Waals surface area contributed by atoms with Gasteiger partial charge in [-0.3, -0.25) is 19.2 Å².